The highest BCUT2D eigenvalue weighted by molar-refractivity contribution is 7.20. The van der Waals surface area contributed by atoms with E-state index >= 15 is 0 Å². The maximum absolute atomic E-state index is 13.0. The number of carbonyl (C=O) groups excluding carboxylic acids is 1. The van der Waals surface area contributed by atoms with Gasteiger partial charge >= 0.3 is 5.97 Å². The summed E-state index contributed by atoms with van der Waals surface area (Å²) in [6.45, 7) is 2.87. The van der Waals surface area contributed by atoms with E-state index in [0.29, 0.717) is 33.8 Å². The van der Waals surface area contributed by atoms with E-state index in [-0.39, 0.29) is 11.5 Å². The van der Waals surface area contributed by atoms with Gasteiger partial charge in [0, 0.05) is 25.4 Å². The minimum atomic E-state index is -0.366. The quantitative estimate of drug-likeness (QED) is 0.485. The molecule has 3 aromatic rings. The number of hydrogen-bond acceptors (Lipinski definition) is 6. The molecular formula is C21H23N3O3S. The Hall–Kier alpha value is -2.54. The standard InChI is InChI=1S/C21H23N3O3S/c1-14-17-19(23-16-7-3-2-4-12-24(16)20(17)25)28-18(14)21(26)27-13-5-6-15-8-10-22-11-9-15/h8-11H,2-7,12-13H2,1H3. The second kappa shape index (κ2) is 8.22. The van der Waals surface area contributed by atoms with Crippen molar-refractivity contribution < 1.29 is 9.53 Å². The number of aryl methyl sites for hydroxylation is 3. The summed E-state index contributed by atoms with van der Waals surface area (Å²) >= 11 is 1.27. The third-order valence-corrected chi connectivity index (χ3v) is 6.35. The maximum atomic E-state index is 13.0. The molecule has 3 aromatic heterocycles. The molecule has 0 spiro atoms. The molecule has 0 saturated heterocycles. The van der Waals surface area contributed by atoms with Crippen LogP contribution in [0.2, 0.25) is 0 Å². The predicted octanol–water partition coefficient (Wildman–Crippen LogP) is 3.68. The Kier molecular flexibility index (Phi) is 5.52. The number of esters is 1. The Morgan fingerprint density at radius 2 is 2.07 bits per heavy atom. The fraction of sp³-hybridized carbons (Fsp3) is 0.429. The fourth-order valence-electron chi connectivity index (χ4n) is 3.66. The van der Waals surface area contributed by atoms with Crippen LogP contribution in [0.5, 0.6) is 0 Å². The lowest BCUT2D eigenvalue weighted by atomic mass is 10.1. The van der Waals surface area contributed by atoms with Gasteiger partial charge < -0.3 is 4.74 Å². The third-order valence-electron chi connectivity index (χ3n) is 5.19. The van der Waals surface area contributed by atoms with Crippen LogP contribution in [0.1, 0.15) is 52.3 Å². The van der Waals surface area contributed by atoms with Crippen LogP contribution >= 0.6 is 11.3 Å². The van der Waals surface area contributed by atoms with Crippen LogP contribution in [0.25, 0.3) is 10.2 Å². The van der Waals surface area contributed by atoms with Gasteiger partial charge in [-0.3, -0.25) is 14.3 Å². The first-order chi connectivity index (χ1) is 13.6. The topological polar surface area (TPSA) is 74.1 Å². The van der Waals surface area contributed by atoms with Gasteiger partial charge in [-0.25, -0.2) is 9.78 Å². The first-order valence-corrected chi connectivity index (χ1v) is 10.6. The number of ether oxygens (including phenoxy) is 1. The smallest absolute Gasteiger partial charge is 0.348 e. The van der Waals surface area contributed by atoms with Gasteiger partial charge in [-0.05, 0) is 55.9 Å². The number of hydrogen-bond donors (Lipinski definition) is 0. The number of carbonyl (C=O) groups is 1. The molecular weight excluding hydrogens is 374 g/mol. The lowest BCUT2D eigenvalue weighted by Gasteiger charge is -2.08. The molecule has 0 N–H and O–H groups in total. The van der Waals surface area contributed by atoms with Crippen LogP contribution in [0.3, 0.4) is 0 Å². The van der Waals surface area contributed by atoms with Crippen molar-refractivity contribution in [2.75, 3.05) is 6.61 Å². The van der Waals surface area contributed by atoms with Gasteiger partial charge in [0.25, 0.3) is 5.56 Å². The molecule has 6 nitrogen and oxygen atoms in total. The summed E-state index contributed by atoms with van der Waals surface area (Å²) in [5, 5.41) is 0.569. The van der Waals surface area contributed by atoms with E-state index in [1.54, 1.807) is 17.0 Å². The van der Waals surface area contributed by atoms with E-state index in [4.69, 9.17) is 9.72 Å². The average molecular weight is 398 g/mol. The van der Waals surface area contributed by atoms with Crippen molar-refractivity contribution in [1.29, 1.82) is 0 Å². The predicted molar refractivity (Wildman–Crippen MR) is 109 cm³/mol. The third kappa shape index (κ3) is 3.71. The Morgan fingerprint density at radius 3 is 2.89 bits per heavy atom. The molecule has 0 bridgehead atoms. The highest BCUT2D eigenvalue weighted by Crippen LogP contribution is 2.29. The van der Waals surface area contributed by atoms with Gasteiger partial charge in [0.1, 0.15) is 15.5 Å². The highest BCUT2D eigenvalue weighted by atomic mass is 32.1. The lowest BCUT2D eigenvalue weighted by Crippen LogP contribution is -2.24. The van der Waals surface area contributed by atoms with Crippen LogP contribution in [0.15, 0.2) is 29.3 Å². The molecule has 0 unspecified atom stereocenters. The van der Waals surface area contributed by atoms with Crippen molar-refractivity contribution in [3.8, 4) is 0 Å². The summed E-state index contributed by atoms with van der Waals surface area (Å²) in [7, 11) is 0. The van der Waals surface area contributed by atoms with E-state index in [0.717, 1.165) is 44.3 Å². The van der Waals surface area contributed by atoms with Gasteiger partial charge in [0.05, 0.1) is 12.0 Å². The van der Waals surface area contributed by atoms with Crippen LogP contribution in [0.4, 0.5) is 0 Å². The average Bonchev–Trinajstić information content (AvgIpc) is 2.88. The van der Waals surface area contributed by atoms with Crippen molar-refractivity contribution in [3.63, 3.8) is 0 Å². The Labute approximate surface area is 167 Å². The van der Waals surface area contributed by atoms with Crippen molar-refractivity contribution in [1.82, 2.24) is 14.5 Å². The molecule has 7 heteroatoms. The first-order valence-electron chi connectivity index (χ1n) is 9.74. The molecule has 0 saturated carbocycles. The molecule has 0 amide bonds. The minimum Gasteiger partial charge on any atom is -0.461 e. The molecule has 0 aromatic carbocycles. The van der Waals surface area contributed by atoms with E-state index in [1.165, 1.54) is 16.9 Å². The molecule has 146 valence electrons. The van der Waals surface area contributed by atoms with Crippen LogP contribution in [-0.4, -0.2) is 27.1 Å². The van der Waals surface area contributed by atoms with Crippen LogP contribution in [-0.2, 0) is 24.1 Å². The van der Waals surface area contributed by atoms with E-state index in [1.807, 2.05) is 19.1 Å². The van der Waals surface area contributed by atoms with Gasteiger partial charge in [-0.1, -0.05) is 6.42 Å². The van der Waals surface area contributed by atoms with Crippen LogP contribution < -0.4 is 5.56 Å². The zero-order valence-corrected chi connectivity index (χ0v) is 16.8. The van der Waals surface area contributed by atoms with E-state index < -0.39 is 0 Å². The first kappa shape index (κ1) is 18.8. The van der Waals surface area contributed by atoms with Crippen molar-refractivity contribution in [2.24, 2.45) is 0 Å². The largest absolute Gasteiger partial charge is 0.461 e. The molecule has 0 fully saturated rings. The number of pyridine rings is 1. The number of nitrogens with zero attached hydrogens (tertiary/aromatic N) is 3. The van der Waals surface area contributed by atoms with Gasteiger partial charge in [-0.15, -0.1) is 11.3 Å². The summed E-state index contributed by atoms with van der Waals surface area (Å²) < 4.78 is 7.26. The molecule has 1 aliphatic heterocycles. The van der Waals surface area contributed by atoms with Crippen molar-refractivity contribution >= 4 is 27.5 Å². The van der Waals surface area contributed by atoms with E-state index in [2.05, 4.69) is 4.98 Å². The fourth-order valence-corrected chi connectivity index (χ4v) is 4.74. The molecule has 1 aliphatic rings. The summed E-state index contributed by atoms with van der Waals surface area (Å²) in [6.07, 6.45) is 9.07. The maximum Gasteiger partial charge on any atom is 0.348 e. The summed E-state index contributed by atoms with van der Waals surface area (Å²) in [5.74, 6) is 0.475. The molecule has 0 atom stereocenters. The number of rotatable bonds is 5. The summed E-state index contributed by atoms with van der Waals surface area (Å²) in [6, 6.07) is 3.92. The van der Waals surface area contributed by atoms with Gasteiger partial charge in [0.2, 0.25) is 0 Å². The summed E-state index contributed by atoms with van der Waals surface area (Å²) in [4.78, 5) is 35.4. The van der Waals surface area contributed by atoms with Crippen molar-refractivity contribution in [3.05, 3.63) is 56.7 Å². The lowest BCUT2D eigenvalue weighted by molar-refractivity contribution is 0.0505. The number of fused-ring (bicyclic) bond motifs is 2. The Balaban J connectivity index is 1.50. The monoisotopic (exact) mass is 397 g/mol. The zero-order chi connectivity index (χ0) is 19.5. The molecule has 0 aliphatic carbocycles. The Bertz CT molecular complexity index is 1060. The molecule has 4 rings (SSSR count). The molecule has 28 heavy (non-hydrogen) atoms. The second-order valence-corrected chi connectivity index (χ2v) is 8.13. The summed E-state index contributed by atoms with van der Waals surface area (Å²) in [5.41, 5.74) is 1.84. The number of thiophene rings is 1. The van der Waals surface area contributed by atoms with E-state index in [9.17, 15) is 9.59 Å². The zero-order valence-electron chi connectivity index (χ0n) is 15.9. The van der Waals surface area contributed by atoms with Crippen molar-refractivity contribution in [2.45, 2.75) is 52.0 Å². The minimum absolute atomic E-state index is 0.0209. The van der Waals surface area contributed by atoms with Gasteiger partial charge in [-0.2, -0.15) is 0 Å². The highest BCUT2D eigenvalue weighted by Gasteiger charge is 2.22. The number of aromatic nitrogens is 3. The second-order valence-electron chi connectivity index (χ2n) is 7.13. The normalized spacial score (nSPS) is 13.9. The SMILES string of the molecule is Cc1c(C(=O)OCCCc2ccncc2)sc2nc3n(c(=O)c12)CCCCC3. The Morgan fingerprint density at radius 1 is 1.25 bits per heavy atom. The molecule has 4 heterocycles. The molecule has 0 radical (unpaired) electrons. The van der Waals surface area contributed by atoms with Gasteiger partial charge in [0.15, 0.2) is 0 Å². The van der Waals surface area contributed by atoms with Crippen LogP contribution in [0, 0.1) is 6.92 Å².